The number of halogens is 1. The average molecular weight is 528 g/mol. The van der Waals surface area contributed by atoms with Crippen LogP contribution in [0.3, 0.4) is 0 Å². The molecular weight excluding hydrogens is 498 g/mol. The van der Waals surface area contributed by atoms with Crippen LogP contribution < -0.4 is 9.47 Å². The van der Waals surface area contributed by atoms with Gasteiger partial charge in [-0.2, -0.15) is 0 Å². The van der Waals surface area contributed by atoms with Crippen LogP contribution in [0.2, 0.25) is 0 Å². The first-order valence-electron chi connectivity index (χ1n) is 10.0. The van der Waals surface area contributed by atoms with E-state index in [1.165, 1.54) is 23.3 Å². The van der Waals surface area contributed by atoms with Gasteiger partial charge in [-0.1, -0.05) is 0 Å². The van der Waals surface area contributed by atoms with E-state index in [2.05, 4.69) is 15.9 Å². The number of aryl methyl sites for hydroxylation is 1. The zero-order chi connectivity index (χ0) is 24.1. The minimum atomic E-state index is -0.893. The Bertz CT molecular complexity index is 952. The molecule has 32 heavy (non-hydrogen) atoms. The van der Waals surface area contributed by atoms with Crippen molar-refractivity contribution in [1.82, 2.24) is 4.90 Å². The molecule has 0 saturated carbocycles. The molecule has 1 unspecified atom stereocenters. The highest BCUT2D eigenvalue weighted by atomic mass is 79.9. The molecule has 0 aliphatic heterocycles. The first kappa shape index (κ1) is 26.0. The third-order valence-electron chi connectivity index (χ3n) is 4.66. The van der Waals surface area contributed by atoms with Crippen molar-refractivity contribution in [3.63, 3.8) is 0 Å². The minimum Gasteiger partial charge on any atom is -0.497 e. The van der Waals surface area contributed by atoms with Gasteiger partial charge in [-0.25, -0.2) is 9.59 Å². The molecule has 2 aromatic rings. The highest BCUT2D eigenvalue weighted by molar-refractivity contribution is 9.10. The summed E-state index contributed by atoms with van der Waals surface area (Å²) < 4.78 is 22.4. The van der Waals surface area contributed by atoms with Gasteiger partial charge in [0.2, 0.25) is 0 Å². The third-order valence-corrected chi connectivity index (χ3v) is 7.15. The van der Waals surface area contributed by atoms with Gasteiger partial charge in [-0.05, 0) is 66.7 Å². The van der Waals surface area contributed by atoms with Crippen LogP contribution in [0.1, 0.15) is 36.8 Å². The van der Waals surface area contributed by atoms with Gasteiger partial charge >= 0.3 is 12.1 Å². The molecule has 0 fully saturated rings. The van der Waals surface area contributed by atoms with E-state index in [0.29, 0.717) is 17.1 Å². The summed E-state index contributed by atoms with van der Waals surface area (Å²) in [6.45, 7) is 7.41. The van der Waals surface area contributed by atoms with Crippen molar-refractivity contribution < 1.29 is 28.5 Å². The fourth-order valence-electron chi connectivity index (χ4n) is 3.04. The summed E-state index contributed by atoms with van der Waals surface area (Å²) in [6, 6.07) is 4.41. The van der Waals surface area contributed by atoms with Crippen LogP contribution in [-0.2, 0) is 27.2 Å². The number of amides is 1. The number of ether oxygens (including phenoxy) is 4. The first-order valence-corrected chi connectivity index (χ1v) is 11.7. The summed E-state index contributed by atoms with van der Waals surface area (Å²) in [6.07, 6.45) is -0.334. The molecule has 1 amide bonds. The van der Waals surface area contributed by atoms with E-state index in [9.17, 15) is 9.59 Å². The van der Waals surface area contributed by atoms with Crippen molar-refractivity contribution >= 4 is 39.3 Å². The Kier molecular flexibility index (Phi) is 8.98. The topological polar surface area (TPSA) is 74.3 Å². The van der Waals surface area contributed by atoms with Crippen LogP contribution in [0.15, 0.2) is 28.1 Å². The van der Waals surface area contributed by atoms with Crippen LogP contribution in [0.25, 0.3) is 0 Å². The third kappa shape index (κ3) is 6.62. The Labute approximate surface area is 201 Å². The second kappa shape index (κ2) is 11.0. The lowest BCUT2D eigenvalue weighted by Gasteiger charge is -2.32. The van der Waals surface area contributed by atoms with Crippen molar-refractivity contribution in [3.8, 4) is 11.5 Å². The molecule has 1 heterocycles. The van der Waals surface area contributed by atoms with E-state index in [1.807, 2.05) is 12.3 Å². The Morgan fingerprint density at radius 3 is 2.34 bits per heavy atom. The van der Waals surface area contributed by atoms with Gasteiger partial charge in [-0.15, -0.1) is 11.3 Å². The van der Waals surface area contributed by atoms with Gasteiger partial charge in [0.15, 0.2) is 0 Å². The van der Waals surface area contributed by atoms with Crippen LogP contribution in [-0.4, -0.2) is 49.9 Å². The van der Waals surface area contributed by atoms with E-state index in [1.54, 1.807) is 53.2 Å². The summed E-state index contributed by atoms with van der Waals surface area (Å²) in [5.74, 6) is 0.632. The van der Waals surface area contributed by atoms with E-state index in [4.69, 9.17) is 18.9 Å². The molecule has 0 saturated heterocycles. The second-order valence-electron chi connectivity index (χ2n) is 8.18. The maximum absolute atomic E-state index is 13.3. The lowest BCUT2D eigenvalue weighted by atomic mass is 10.1. The number of methoxy groups -OCH3 is 3. The van der Waals surface area contributed by atoms with Gasteiger partial charge in [-0.3, -0.25) is 4.90 Å². The molecule has 1 aromatic carbocycles. The predicted octanol–water partition coefficient (Wildman–Crippen LogP) is 5.36. The summed E-state index contributed by atoms with van der Waals surface area (Å²) in [5, 5.41) is 2.00. The van der Waals surface area contributed by atoms with Gasteiger partial charge in [0.25, 0.3) is 0 Å². The molecule has 0 aliphatic carbocycles. The van der Waals surface area contributed by atoms with E-state index >= 15 is 0 Å². The molecule has 0 aliphatic rings. The first-order chi connectivity index (χ1) is 15.0. The molecule has 2 rings (SSSR count). The Balaban J connectivity index is 2.50. The van der Waals surface area contributed by atoms with Crippen molar-refractivity contribution in [2.24, 2.45) is 0 Å². The molecule has 0 radical (unpaired) electrons. The highest BCUT2D eigenvalue weighted by Crippen LogP contribution is 2.32. The number of benzene rings is 1. The van der Waals surface area contributed by atoms with E-state index in [0.717, 1.165) is 14.9 Å². The molecule has 176 valence electrons. The number of esters is 1. The molecule has 0 spiro atoms. The highest BCUT2D eigenvalue weighted by Gasteiger charge is 2.35. The largest absolute Gasteiger partial charge is 0.497 e. The average Bonchev–Trinajstić information content (AvgIpc) is 3.06. The van der Waals surface area contributed by atoms with Crippen LogP contribution >= 0.6 is 27.3 Å². The summed E-state index contributed by atoms with van der Waals surface area (Å²) in [5.41, 5.74) is 1.03. The zero-order valence-electron chi connectivity index (χ0n) is 19.5. The molecule has 7 nitrogen and oxygen atoms in total. The van der Waals surface area contributed by atoms with Gasteiger partial charge in [0, 0.05) is 27.4 Å². The Hall–Kier alpha value is -2.26. The molecule has 1 aromatic heterocycles. The maximum Gasteiger partial charge on any atom is 0.411 e. The number of hydrogen-bond acceptors (Lipinski definition) is 7. The zero-order valence-corrected chi connectivity index (χ0v) is 21.9. The fraction of sp³-hybridized carbons (Fsp3) is 0.478. The maximum atomic E-state index is 13.3. The summed E-state index contributed by atoms with van der Waals surface area (Å²) in [4.78, 5) is 28.4. The molecule has 0 N–H and O–H groups in total. The smallest absolute Gasteiger partial charge is 0.411 e. The fourth-order valence-corrected chi connectivity index (χ4v) is 4.71. The monoisotopic (exact) mass is 527 g/mol. The van der Waals surface area contributed by atoms with Crippen molar-refractivity contribution in [2.75, 3.05) is 21.3 Å². The predicted molar refractivity (Wildman–Crippen MR) is 128 cm³/mol. The van der Waals surface area contributed by atoms with Gasteiger partial charge in [0.1, 0.15) is 23.1 Å². The summed E-state index contributed by atoms with van der Waals surface area (Å²) >= 11 is 5.10. The van der Waals surface area contributed by atoms with Crippen molar-refractivity contribution in [3.05, 3.63) is 44.1 Å². The lowest BCUT2D eigenvalue weighted by Crippen LogP contribution is -2.48. The Morgan fingerprint density at radius 2 is 1.84 bits per heavy atom. The lowest BCUT2D eigenvalue weighted by molar-refractivity contribution is -0.147. The van der Waals surface area contributed by atoms with E-state index < -0.39 is 23.7 Å². The van der Waals surface area contributed by atoms with E-state index in [-0.39, 0.29) is 13.0 Å². The van der Waals surface area contributed by atoms with Crippen molar-refractivity contribution in [1.29, 1.82) is 0 Å². The molecule has 1 atom stereocenters. The SMILES string of the molecule is COC(=O)C(Cc1scc(C)c1Br)N(Cc1ccc(OC)cc1OC)C(=O)OC(C)(C)C. The normalized spacial score (nSPS) is 12.1. The molecule has 0 bridgehead atoms. The quantitative estimate of drug-likeness (QED) is 0.430. The van der Waals surface area contributed by atoms with Crippen LogP contribution in [0.5, 0.6) is 11.5 Å². The van der Waals surface area contributed by atoms with Crippen LogP contribution in [0, 0.1) is 6.92 Å². The standard InChI is InChI=1S/C23H30BrNO6S/c1-14-13-32-19(20(14)24)11-17(21(26)30-7)25(22(27)31-23(2,3)4)12-15-8-9-16(28-5)10-18(15)29-6/h8-10,13,17H,11-12H2,1-7H3. The number of carbonyl (C=O) groups excluding carboxylic acids is 2. The number of thiophene rings is 1. The van der Waals surface area contributed by atoms with Gasteiger partial charge in [0.05, 0.1) is 27.9 Å². The number of carbonyl (C=O) groups is 2. The molecule has 9 heteroatoms. The van der Waals surface area contributed by atoms with Crippen LogP contribution in [0.4, 0.5) is 4.79 Å². The Morgan fingerprint density at radius 1 is 1.16 bits per heavy atom. The number of rotatable bonds is 8. The summed E-state index contributed by atoms with van der Waals surface area (Å²) in [7, 11) is 4.42. The van der Waals surface area contributed by atoms with Gasteiger partial charge < -0.3 is 18.9 Å². The van der Waals surface area contributed by atoms with Crippen molar-refractivity contribution in [2.45, 2.75) is 52.3 Å². The second-order valence-corrected chi connectivity index (χ2v) is 9.94. The minimum absolute atomic E-state index is 0.0871. The number of hydrogen-bond donors (Lipinski definition) is 0. The number of nitrogens with zero attached hydrogens (tertiary/aromatic N) is 1. The molecular formula is C23H30BrNO6S.